The van der Waals surface area contributed by atoms with Crippen LogP contribution in [0.15, 0.2) is 94.3 Å². The summed E-state index contributed by atoms with van der Waals surface area (Å²) in [6.07, 6.45) is 0. The number of carbonyl (C=O) groups is 2. The predicted octanol–water partition coefficient (Wildman–Crippen LogP) is 5.75. The minimum absolute atomic E-state index is 0.205. The summed E-state index contributed by atoms with van der Waals surface area (Å²) in [5, 5.41) is 6.70. The SMILES string of the molecule is Cc1cc(CSc2ccccc2C(=O)Oc2ccc(NC(=O)c3ccccc3)cc2)on1. The summed E-state index contributed by atoms with van der Waals surface area (Å²) < 4.78 is 10.8. The van der Waals surface area contributed by atoms with Crippen molar-refractivity contribution >= 4 is 29.3 Å². The topological polar surface area (TPSA) is 81.4 Å². The van der Waals surface area contributed by atoms with Crippen LogP contribution in [0.2, 0.25) is 0 Å². The largest absolute Gasteiger partial charge is 0.423 e. The molecule has 4 rings (SSSR count). The van der Waals surface area contributed by atoms with Crippen molar-refractivity contribution in [2.75, 3.05) is 5.32 Å². The molecule has 0 saturated carbocycles. The summed E-state index contributed by atoms with van der Waals surface area (Å²) in [6.45, 7) is 1.86. The Morgan fingerprint density at radius 1 is 0.969 bits per heavy atom. The molecular weight excluding hydrogens is 424 g/mol. The van der Waals surface area contributed by atoms with Gasteiger partial charge in [-0.2, -0.15) is 0 Å². The number of amides is 1. The minimum atomic E-state index is -0.456. The number of aryl methyl sites for hydroxylation is 1. The molecule has 0 aliphatic heterocycles. The van der Waals surface area contributed by atoms with Gasteiger partial charge in [0.2, 0.25) is 0 Å². The number of anilines is 1. The lowest BCUT2D eigenvalue weighted by atomic mass is 10.2. The molecule has 0 aliphatic rings. The Morgan fingerprint density at radius 2 is 1.69 bits per heavy atom. The van der Waals surface area contributed by atoms with E-state index in [1.165, 1.54) is 11.8 Å². The van der Waals surface area contributed by atoms with Crippen LogP contribution in [0.1, 0.15) is 32.2 Å². The molecule has 3 aromatic carbocycles. The van der Waals surface area contributed by atoms with E-state index in [2.05, 4.69) is 10.5 Å². The number of benzene rings is 3. The van der Waals surface area contributed by atoms with Crippen LogP contribution >= 0.6 is 11.8 Å². The van der Waals surface area contributed by atoms with E-state index in [4.69, 9.17) is 9.26 Å². The Hall–Kier alpha value is -3.84. The number of nitrogens with zero attached hydrogens (tertiary/aromatic N) is 1. The summed E-state index contributed by atoms with van der Waals surface area (Å²) in [7, 11) is 0. The number of carbonyl (C=O) groups excluding carboxylic acids is 2. The number of rotatable bonds is 7. The maximum Gasteiger partial charge on any atom is 0.344 e. The molecule has 1 heterocycles. The van der Waals surface area contributed by atoms with Crippen LogP contribution in [0.3, 0.4) is 0 Å². The fourth-order valence-corrected chi connectivity index (χ4v) is 3.87. The maximum absolute atomic E-state index is 12.8. The number of hydrogen-bond donors (Lipinski definition) is 1. The van der Waals surface area contributed by atoms with Crippen LogP contribution in [0.25, 0.3) is 0 Å². The van der Waals surface area contributed by atoms with Crippen LogP contribution in [-0.4, -0.2) is 17.0 Å². The second kappa shape index (κ2) is 9.98. The van der Waals surface area contributed by atoms with E-state index in [0.29, 0.717) is 28.3 Å². The Kier molecular flexibility index (Phi) is 6.67. The Bertz CT molecular complexity index is 1220. The van der Waals surface area contributed by atoms with Crippen LogP contribution in [-0.2, 0) is 5.75 Å². The molecule has 1 amide bonds. The molecule has 0 atom stereocenters. The van der Waals surface area contributed by atoms with Crippen LogP contribution in [0, 0.1) is 6.92 Å². The molecule has 0 aliphatic carbocycles. The Balaban J connectivity index is 1.39. The van der Waals surface area contributed by atoms with E-state index in [1.807, 2.05) is 31.2 Å². The second-order valence-electron chi connectivity index (χ2n) is 6.95. The average Bonchev–Trinajstić information content (AvgIpc) is 3.24. The molecule has 0 spiro atoms. The Labute approximate surface area is 189 Å². The van der Waals surface area contributed by atoms with Crippen molar-refractivity contribution in [1.29, 1.82) is 0 Å². The van der Waals surface area contributed by atoms with Crippen molar-refractivity contribution in [2.24, 2.45) is 0 Å². The Morgan fingerprint density at radius 3 is 2.41 bits per heavy atom. The number of aromatic nitrogens is 1. The molecular formula is C25H20N2O4S. The number of nitrogens with one attached hydrogen (secondary N) is 1. The monoisotopic (exact) mass is 444 g/mol. The smallest absolute Gasteiger partial charge is 0.344 e. The molecule has 32 heavy (non-hydrogen) atoms. The maximum atomic E-state index is 12.8. The van der Waals surface area contributed by atoms with Gasteiger partial charge >= 0.3 is 5.97 Å². The van der Waals surface area contributed by atoms with Gasteiger partial charge in [-0.15, -0.1) is 11.8 Å². The first-order valence-electron chi connectivity index (χ1n) is 9.91. The third kappa shape index (κ3) is 5.44. The second-order valence-corrected chi connectivity index (χ2v) is 7.97. The first-order chi connectivity index (χ1) is 15.6. The molecule has 6 nitrogen and oxygen atoms in total. The van der Waals surface area contributed by atoms with Gasteiger partial charge in [0.05, 0.1) is 17.0 Å². The fourth-order valence-electron chi connectivity index (χ4n) is 2.96. The van der Waals surface area contributed by atoms with E-state index in [-0.39, 0.29) is 5.91 Å². The summed E-state index contributed by atoms with van der Waals surface area (Å²) in [5.41, 5.74) is 2.46. The van der Waals surface area contributed by atoms with Gasteiger partial charge < -0.3 is 14.6 Å². The van der Waals surface area contributed by atoms with Crippen molar-refractivity contribution in [3.8, 4) is 5.75 Å². The van der Waals surface area contributed by atoms with E-state index in [1.54, 1.807) is 60.7 Å². The lowest BCUT2D eigenvalue weighted by Crippen LogP contribution is -2.12. The number of ether oxygens (including phenoxy) is 1. The highest BCUT2D eigenvalue weighted by molar-refractivity contribution is 7.98. The minimum Gasteiger partial charge on any atom is -0.423 e. The first kappa shape index (κ1) is 21.4. The molecule has 0 saturated heterocycles. The third-order valence-corrected chi connectivity index (χ3v) is 5.61. The number of hydrogen-bond acceptors (Lipinski definition) is 6. The van der Waals surface area contributed by atoms with Gasteiger partial charge in [-0.3, -0.25) is 4.79 Å². The predicted molar refractivity (Wildman–Crippen MR) is 123 cm³/mol. The van der Waals surface area contributed by atoms with Crippen molar-refractivity contribution in [1.82, 2.24) is 5.16 Å². The zero-order valence-electron chi connectivity index (χ0n) is 17.3. The van der Waals surface area contributed by atoms with E-state index in [0.717, 1.165) is 16.3 Å². The summed E-state index contributed by atoms with van der Waals surface area (Å²) >= 11 is 1.48. The van der Waals surface area contributed by atoms with Crippen molar-refractivity contribution in [3.05, 3.63) is 108 Å². The average molecular weight is 445 g/mol. The molecule has 0 unspecified atom stereocenters. The molecule has 7 heteroatoms. The fraction of sp³-hybridized carbons (Fsp3) is 0.0800. The molecule has 0 radical (unpaired) electrons. The standard InChI is InChI=1S/C25H20N2O4S/c1-17-15-21(31-27-17)16-32-23-10-6-5-9-22(23)25(29)30-20-13-11-19(12-14-20)26-24(28)18-7-3-2-4-8-18/h2-15H,16H2,1H3,(H,26,28). The van der Waals surface area contributed by atoms with Gasteiger partial charge in [-0.1, -0.05) is 35.5 Å². The van der Waals surface area contributed by atoms with Gasteiger partial charge in [-0.05, 0) is 55.5 Å². The van der Waals surface area contributed by atoms with Crippen LogP contribution < -0.4 is 10.1 Å². The van der Waals surface area contributed by atoms with E-state index in [9.17, 15) is 9.59 Å². The lowest BCUT2D eigenvalue weighted by molar-refractivity contribution is 0.0731. The lowest BCUT2D eigenvalue weighted by Gasteiger charge is -2.10. The van der Waals surface area contributed by atoms with Gasteiger partial charge in [0.1, 0.15) is 11.5 Å². The quantitative estimate of drug-likeness (QED) is 0.222. The zero-order valence-corrected chi connectivity index (χ0v) is 18.1. The highest BCUT2D eigenvalue weighted by atomic mass is 32.2. The highest BCUT2D eigenvalue weighted by Gasteiger charge is 2.15. The summed E-state index contributed by atoms with van der Waals surface area (Å²) in [6, 6.07) is 24.7. The van der Waals surface area contributed by atoms with Crippen molar-refractivity contribution < 1.29 is 18.8 Å². The summed E-state index contributed by atoms with van der Waals surface area (Å²) in [5.74, 6) is 1.02. The molecule has 0 fully saturated rings. The van der Waals surface area contributed by atoms with Gasteiger partial charge in [0.15, 0.2) is 0 Å². The van der Waals surface area contributed by atoms with E-state index < -0.39 is 5.97 Å². The molecule has 1 N–H and O–H groups in total. The van der Waals surface area contributed by atoms with Crippen LogP contribution in [0.5, 0.6) is 5.75 Å². The van der Waals surface area contributed by atoms with Crippen molar-refractivity contribution in [2.45, 2.75) is 17.6 Å². The van der Waals surface area contributed by atoms with Gasteiger partial charge in [0, 0.05) is 22.2 Å². The van der Waals surface area contributed by atoms with Gasteiger partial charge in [-0.25, -0.2) is 4.79 Å². The van der Waals surface area contributed by atoms with Gasteiger partial charge in [0.25, 0.3) is 5.91 Å². The molecule has 0 bridgehead atoms. The number of esters is 1. The zero-order chi connectivity index (χ0) is 22.3. The number of thioether (sulfide) groups is 1. The first-order valence-corrected chi connectivity index (χ1v) is 10.9. The normalized spacial score (nSPS) is 10.5. The van der Waals surface area contributed by atoms with Crippen molar-refractivity contribution in [3.63, 3.8) is 0 Å². The van der Waals surface area contributed by atoms with E-state index >= 15 is 0 Å². The van der Waals surface area contributed by atoms with Crippen LogP contribution in [0.4, 0.5) is 5.69 Å². The summed E-state index contributed by atoms with van der Waals surface area (Å²) in [4.78, 5) is 25.8. The molecule has 4 aromatic rings. The third-order valence-electron chi connectivity index (χ3n) is 4.51. The molecule has 1 aromatic heterocycles. The molecule has 160 valence electrons. The highest BCUT2D eigenvalue weighted by Crippen LogP contribution is 2.28.